The van der Waals surface area contributed by atoms with Crippen molar-refractivity contribution in [3.8, 4) is 6.07 Å². The molecule has 0 bridgehead atoms. The summed E-state index contributed by atoms with van der Waals surface area (Å²) in [5.41, 5.74) is 6.00. The van der Waals surface area contributed by atoms with E-state index in [9.17, 15) is 4.39 Å². The van der Waals surface area contributed by atoms with Crippen LogP contribution in [0.4, 0.5) is 4.39 Å². The number of allylic oxidation sites excluding steroid dienone is 4. The maximum Gasteiger partial charge on any atom is 0.123 e. The normalized spacial score (nSPS) is 13.4. The van der Waals surface area contributed by atoms with Crippen LogP contribution in [0.3, 0.4) is 0 Å². The molecule has 0 aromatic heterocycles. The highest BCUT2D eigenvalue weighted by molar-refractivity contribution is 5.77. The van der Waals surface area contributed by atoms with Gasteiger partial charge in [-0.2, -0.15) is 5.26 Å². The van der Waals surface area contributed by atoms with Crippen molar-refractivity contribution < 1.29 is 4.39 Å². The zero-order chi connectivity index (χ0) is 18.4. The first-order chi connectivity index (χ1) is 11.9. The lowest BCUT2D eigenvalue weighted by Crippen LogP contribution is -2.04. The van der Waals surface area contributed by atoms with Gasteiger partial charge in [-0.15, -0.1) is 0 Å². The van der Waals surface area contributed by atoms with Gasteiger partial charge < -0.3 is 0 Å². The van der Waals surface area contributed by atoms with E-state index < -0.39 is 0 Å². The first kappa shape index (κ1) is 18.7. The smallest absolute Gasteiger partial charge is 0.123 e. The fraction of sp³-hybridized carbons (Fsp3) is 0.261. The molecular formula is C23H24FN. The highest BCUT2D eigenvalue weighted by Crippen LogP contribution is 2.28. The van der Waals surface area contributed by atoms with Crippen LogP contribution in [-0.4, -0.2) is 0 Å². The third-order valence-electron chi connectivity index (χ3n) is 4.44. The number of halogens is 1. The molecule has 0 amide bonds. The maximum atomic E-state index is 13.7. The lowest BCUT2D eigenvalue weighted by atomic mass is 9.87. The van der Waals surface area contributed by atoms with E-state index in [2.05, 4.69) is 26.0 Å². The summed E-state index contributed by atoms with van der Waals surface area (Å²) in [7, 11) is 0. The van der Waals surface area contributed by atoms with E-state index in [1.54, 1.807) is 12.1 Å². The van der Waals surface area contributed by atoms with Gasteiger partial charge in [0.05, 0.1) is 11.6 Å². The monoisotopic (exact) mass is 333 g/mol. The van der Waals surface area contributed by atoms with E-state index >= 15 is 0 Å². The predicted octanol–water partition coefficient (Wildman–Crippen LogP) is 6.23. The number of rotatable bonds is 5. The average Bonchev–Trinajstić information content (AvgIpc) is 2.58. The van der Waals surface area contributed by atoms with Crippen LogP contribution in [0.2, 0.25) is 0 Å². The molecule has 0 aliphatic heterocycles. The molecule has 0 heterocycles. The van der Waals surface area contributed by atoms with Crippen LogP contribution < -0.4 is 0 Å². The Hall–Kier alpha value is -2.66. The van der Waals surface area contributed by atoms with E-state index in [1.165, 1.54) is 5.57 Å². The van der Waals surface area contributed by atoms with Crippen molar-refractivity contribution in [2.24, 2.45) is 5.92 Å². The molecule has 0 aliphatic carbocycles. The summed E-state index contributed by atoms with van der Waals surface area (Å²) in [5.74, 6) is 0.0809. The van der Waals surface area contributed by atoms with Gasteiger partial charge in [-0.05, 0) is 79.6 Å². The molecule has 1 atom stereocenters. The molecule has 0 fully saturated rings. The number of benzene rings is 2. The van der Waals surface area contributed by atoms with Gasteiger partial charge >= 0.3 is 0 Å². The predicted molar refractivity (Wildman–Crippen MR) is 103 cm³/mol. The second kappa shape index (κ2) is 8.44. The molecule has 2 rings (SSSR count). The summed E-state index contributed by atoms with van der Waals surface area (Å²) in [6, 6.07) is 15.1. The van der Waals surface area contributed by atoms with E-state index in [-0.39, 0.29) is 11.7 Å². The molecule has 0 spiro atoms. The van der Waals surface area contributed by atoms with Crippen LogP contribution in [0, 0.1) is 30.0 Å². The van der Waals surface area contributed by atoms with Gasteiger partial charge in [0.1, 0.15) is 5.82 Å². The summed E-state index contributed by atoms with van der Waals surface area (Å²) >= 11 is 0. The zero-order valence-electron chi connectivity index (χ0n) is 15.3. The topological polar surface area (TPSA) is 23.8 Å². The number of nitriles is 1. The van der Waals surface area contributed by atoms with E-state index in [4.69, 9.17) is 5.26 Å². The third kappa shape index (κ3) is 4.90. The standard InChI is InChI=1S/C23H24FN/c1-5-7-23(21-9-6-8-19(13-21)15-25)18(4)17(3)12-20-10-16(2)11-22(24)14-20/h5-11,13-14,17H,12H2,1-4H3. The largest absolute Gasteiger partial charge is 0.207 e. The van der Waals surface area contributed by atoms with Crippen molar-refractivity contribution >= 4 is 5.57 Å². The molecule has 0 saturated heterocycles. The molecule has 2 heteroatoms. The Balaban J connectivity index is 2.39. The average molecular weight is 333 g/mol. The number of hydrogen-bond donors (Lipinski definition) is 0. The Labute approximate surface area is 150 Å². The van der Waals surface area contributed by atoms with Crippen molar-refractivity contribution in [1.82, 2.24) is 0 Å². The van der Waals surface area contributed by atoms with Gasteiger partial charge in [0.25, 0.3) is 0 Å². The second-order valence-electron chi connectivity index (χ2n) is 6.53. The molecule has 2 aromatic carbocycles. The van der Waals surface area contributed by atoms with E-state index in [0.717, 1.165) is 28.7 Å². The van der Waals surface area contributed by atoms with Crippen molar-refractivity contribution in [1.29, 1.82) is 5.26 Å². The fourth-order valence-corrected chi connectivity index (χ4v) is 3.08. The molecule has 0 N–H and O–H groups in total. The quantitative estimate of drug-likeness (QED) is 0.595. The first-order valence-corrected chi connectivity index (χ1v) is 8.54. The summed E-state index contributed by atoms with van der Waals surface area (Å²) in [6.45, 7) is 8.18. The van der Waals surface area contributed by atoms with Crippen molar-refractivity contribution in [2.75, 3.05) is 0 Å². The van der Waals surface area contributed by atoms with Crippen LogP contribution in [0.15, 0.2) is 60.2 Å². The molecule has 0 aliphatic rings. The molecule has 0 saturated carbocycles. The Kier molecular flexibility index (Phi) is 6.31. The zero-order valence-corrected chi connectivity index (χ0v) is 15.3. The lowest BCUT2D eigenvalue weighted by Gasteiger charge is -2.17. The SMILES string of the molecule is CC=CC(=C(C)C(C)Cc1cc(C)cc(F)c1)c1cccc(C#N)c1. The summed E-state index contributed by atoms with van der Waals surface area (Å²) in [4.78, 5) is 0. The molecule has 25 heavy (non-hydrogen) atoms. The van der Waals surface area contributed by atoms with E-state index in [1.807, 2.05) is 50.3 Å². The molecule has 128 valence electrons. The van der Waals surface area contributed by atoms with Gasteiger partial charge in [0, 0.05) is 0 Å². The maximum absolute atomic E-state index is 13.7. The fourth-order valence-electron chi connectivity index (χ4n) is 3.08. The molecular weight excluding hydrogens is 309 g/mol. The van der Waals surface area contributed by atoms with E-state index in [0.29, 0.717) is 5.56 Å². The highest BCUT2D eigenvalue weighted by Gasteiger charge is 2.12. The molecule has 2 aromatic rings. The van der Waals surface area contributed by atoms with Crippen molar-refractivity contribution in [3.05, 3.63) is 88.3 Å². The summed E-state index contributed by atoms with van der Waals surface area (Å²) < 4.78 is 13.7. The number of hydrogen-bond acceptors (Lipinski definition) is 1. The van der Waals surface area contributed by atoms with Crippen LogP contribution in [0.1, 0.15) is 43.0 Å². The second-order valence-corrected chi connectivity index (χ2v) is 6.53. The van der Waals surface area contributed by atoms with Crippen molar-refractivity contribution in [2.45, 2.75) is 34.1 Å². The van der Waals surface area contributed by atoms with Crippen LogP contribution in [0.5, 0.6) is 0 Å². The first-order valence-electron chi connectivity index (χ1n) is 8.54. The summed E-state index contributed by atoms with van der Waals surface area (Å²) in [6.07, 6.45) is 4.87. The lowest BCUT2D eigenvalue weighted by molar-refractivity contribution is 0.617. The minimum atomic E-state index is -0.181. The van der Waals surface area contributed by atoms with Gasteiger partial charge in [-0.1, -0.05) is 42.8 Å². The van der Waals surface area contributed by atoms with Crippen molar-refractivity contribution in [3.63, 3.8) is 0 Å². The Bertz CT molecular complexity index is 832. The van der Waals surface area contributed by atoms with Gasteiger partial charge in [-0.25, -0.2) is 4.39 Å². The molecule has 0 radical (unpaired) electrons. The minimum Gasteiger partial charge on any atom is -0.207 e. The number of aryl methyl sites for hydroxylation is 1. The van der Waals surface area contributed by atoms with Crippen LogP contribution in [0.25, 0.3) is 5.57 Å². The Morgan fingerprint density at radius 2 is 2.00 bits per heavy atom. The molecule has 1 unspecified atom stereocenters. The molecule has 1 nitrogen and oxygen atoms in total. The number of nitrogens with zero attached hydrogens (tertiary/aromatic N) is 1. The third-order valence-corrected chi connectivity index (χ3v) is 4.44. The van der Waals surface area contributed by atoms with Gasteiger partial charge in [0.15, 0.2) is 0 Å². The van der Waals surface area contributed by atoms with Crippen LogP contribution >= 0.6 is 0 Å². The minimum absolute atomic E-state index is 0.181. The highest BCUT2D eigenvalue weighted by atomic mass is 19.1. The Morgan fingerprint density at radius 3 is 2.64 bits per heavy atom. The van der Waals surface area contributed by atoms with Gasteiger partial charge in [-0.3, -0.25) is 0 Å². The van der Waals surface area contributed by atoms with Gasteiger partial charge in [0.2, 0.25) is 0 Å². The van der Waals surface area contributed by atoms with Crippen LogP contribution in [-0.2, 0) is 6.42 Å². The summed E-state index contributed by atoms with van der Waals surface area (Å²) in [5, 5.41) is 9.15. The Morgan fingerprint density at radius 1 is 1.24 bits per heavy atom.